The molecule has 1 fully saturated rings. The van der Waals surface area contributed by atoms with E-state index in [1.54, 1.807) is 0 Å². The lowest BCUT2D eigenvalue weighted by molar-refractivity contribution is -0.137. The summed E-state index contributed by atoms with van der Waals surface area (Å²) >= 11 is 0. The van der Waals surface area contributed by atoms with Crippen molar-refractivity contribution in [3.8, 4) is 0 Å². The van der Waals surface area contributed by atoms with Crippen molar-refractivity contribution in [2.75, 3.05) is 19.8 Å². The molecule has 0 saturated carbocycles. The van der Waals surface area contributed by atoms with Gasteiger partial charge < -0.3 is 20.5 Å². The Morgan fingerprint density at radius 2 is 1.89 bits per heavy atom. The minimum absolute atomic E-state index is 0.139. The summed E-state index contributed by atoms with van der Waals surface area (Å²) in [6.07, 6.45) is 4.24. The standard InChI is InChI=1S/C12H22N2O4/c15-11(16)4-2-1-3-7-13-12(17)14-10-5-8-18-9-6-10/h10H,1-9H2,(H,15,16)(H2,13,14,17). The van der Waals surface area contributed by atoms with Crippen LogP contribution >= 0.6 is 0 Å². The number of hydrogen-bond acceptors (Lipinski definition) is 3. The second-order valence-corrected chi connectivity index (χ2v) is 4.49. The first kappa shape index (κ1) is 14.8. The predicted octanol–water partition coefficient (Wildman–Crippen LogP) is 1.11. The second-order valence-electron chi connectivity index (χ2n) is 4.49. The van der Waals surface area contributed by atoms with Crippen LogP contribution in [-0.2, 0) is 9.53 Å². The number of rotatable bonds is 7. The Labute approximate surface area is 107 Å². The van der Waals surface area contributed by atoms with Crippen LogP contribution in [0.15, 0.2) is 0 Å². The van der Waals surface area contributed by atoms with E-state index in [1.807, 2.05) is 0 Å². The molecule has 18 heavy (non-hydrogen) atoms. The Balaban J connectivity index is 1.94. The van der Waals surface area contributed by atoms with Crippen molar-refractivity contribution in [3.05, 3.63) is 0 Å². The summed E-state index contributed by atoms with van der Waals surface area (Å²) in [5.74, 6) is -0.764. The van der Waals surface area contributed by atoms with Crippen molar-refractivity contribution in [2.45, 2.75) is 44.6 Å². The van der Waals surface area contributed by atoms with Gasteiger partial charge in [-0.1, -0.05) is 6.42 Å². The molecule has 3 N–H and O–H groups in total. The number of carboxylic acids is 1. The Hall–Kier alpha value is -1.30. The van der Waals surface area contributed by atoms with Crippen molar-refractivity contribution in [3.63, 3.8) is 0 Å². The average molecular weight is 258 g/mol. The molecule has 6 nitrogen and oxygen atoms in total. The third-order valence-electron chi connectivity index (χ3n) is 2.91. The van der Waals surface area contributed by atoms with Gasteiger partial charge in [0, 0.05) is 32.2 Å². The van der Waals surface area contributed by atoms with Gasteiger partial charge in [0.2, 0.25) is 0 Å². The lowest BCUT2D eigenvalue weighted by Gasteiger charge is -2.23. The summed E-state index contributed by atoms with van der Waals surface area (Å²) in [6.45, 7) is 2.01. The first-order valence-electron chi connectivity index (χ1n) is 6.52. The minimum Gasteiger partial charge on any atom is -0.481 e. The van der Waals surface area contributed by atoms with Gasteiger partial charge in [0.25, 0.3) is 0 Å². The maximum Gasteiger partial charge on any atom is 0.315 e. The molecular weight excluding hydrogens is 236 g/mol. The van der Waals surface area contributed by atoms with Crippen molar-refractivity contribution < 1.29 is 19.4 Å². The average Bonchev–Trinajstić information content (AvgIpc) is 2.34. The molecule has 6 heteroatoms. The smallest absolute Gasteiger partial charge is 0.315 e. The highest BCUT2D eigenvalue weighted by atomic mass is 16.5. The summed E-state index contributed by atoms with van der Waals surface area (Å²) in [4.78, 5) is 21.8. The summed E-state index contributed by atoms with van der Waals surface area (Å²) in [6, 6.07) is 0.0749. The molecule has 0 aromatic rings. The van der Waals surface area contributed by atoms with Gasteiger partial charge in [-0.25, -0.2) is 4.79 Å². The predicted molar refractivity (Wildman–Crippen MR) is 66.5 cm³/mol. The highest BCUT2D eigenvalue weighted by molar-refractivity contribution is 5.74. The molecule has 1 aliphatic rings. The number of nitrogens with one attached hydrogen (secondary N) is 2. The first-order chi connectivity index (χ1) is 8.68. The molecule has 0 atom stereocenters. The quantitative estimate of drug-likeness (QED) is 0.597. The number of carbonyl (C=O) groups excluding carboxylic acids is 1. The van der Waals surface area contributed by atoms with E-state index in [1.165, 1.54) is 0 Å². The molecule has 1 rings (SSSR count). The van der Waals surface area contributed by atoms with Crippen LogP contribution in [0.25, 0.3) is 0 Å². The Kier molecular flexibility index (Phi) is 7.17. The van der Waals surface area contributed by atoms with Gasteiger partial charge in [-0.2, -0.15) is 0 Å². The number of carboxylic acid groups (broad SMARTS) is 1. The Morgan fingerprint density at radius 1 is 1.17 bits per heavy atom. The van der Waals surface area contributed by atoms with E-state index in [-0.39, 0.29) is 18.5 Å². The minimum atomic E-state index is -0.764. The zero-order valence-electron chi connectivity index (χ0n) is 10.6. The maximum absolute atomic E-state index is 11.5. The molecule has 1 saturated heterocycles. The van der Waals surface area contributed by atoms with Crippen molar-refractivity contribution in [2.24, 2.45) is 0 Å². The maximum atomic E-state index is 11.5. The van der Waals surface area contributed by atoms with Crippen molar-refractivity contribution >= 4 is 12.0 Å². The first-order valence-corrected chi connectivity index (χ1v) is 6.52. The highest BCUT2D eigenvalue weighted by Crippen LogP contribution is 2.05. The number of unbranched alkanes of at least 4 members (excludes halogenated alkanes) is 2. The molecule has 0 aromatic heterocycles. The highest BCUT2D eigenvalue weighted by Gasteiger charge is 2.15. The van der Waals surface area contributed by atoms with Crippen molar-refractivity contribution in [1.29, 1.82) is 0 Å². The Bertz CT molecular complexity index is 265. The van der Waals surface area contributed by atoms with Gasteiger partial charge in [-0.3, -0.25) is 4.79 Å². The third-order valence-corrected chi connectivity index (χ3v) is 2.91. The van der Waals surface area contributed by atoms with E-state index in [2.05, 4.69) is 10.6 Å². The lowest BCUT2D eigenvalue weighted by Crippen LogP contribution is -2.44. The SMILES string of the molecule is O=C(O)CCCCCNC(=O)NC1CCOCC1. The van der Waals surface area contributed by atoms with Gasteiger partial charge >= 0.3 is 12.0 Å². The fourth-order valence-electron chi connectivity index (χ4n) is 1.86. The molecule has 0 bridgehead atoms. The molecule has 2 amide bonds. The molecule has 104 valence electrons. The van der Waals surface area contributed by atoms with E-state index >= 15 is 0 Å². The van der Waals surface area contributed by atoms with E-state index in [0.29, 0.717) is 26.2 Å². The van der Waals surface area contributed by atoms with E-state index in [0.717, 1.165) is 25.7 Å². The summed E-state index contributed by atoms with van der Waals surface area (Å²) in [5.41, 5.74) is 0. The van der Waals surface area contributed by atoms with E-state index in [9.17, 15) is 9.59 Å². The van der Waals surface area contributed by atoms with Gasteiger partial charge in [0.05, 0.1) is 0 Å². The van der Waals surface area contributed by atoms with Gasteiger partial charge in [-0.05, 0) is 25.7 Å². The monoisotopic (exact) mass is 258 g/mol. The second kappa shape index (κ2) is 8.74. The lowest BCUT2D eigenvalue weighted by atomic mass is 10.1. The fraction of sp³-hybridized carbons (Fsp3) is 0.833. The van der Waals surface area contributed by atoms with Gasteiger partial charge in [-0.15, -0.1) is 0 Å². The molecule has 0 radical (unpaired) electrons. The number of amides is 2. The molecule has 0 unspecified atom stereocenters. The third kappa shape index (κ3) is 7.11. The van der Waals surface area contributed by atoms with Crippen LogP contribution in [0.1, 0.15) is 38.5 Å². The molecule has 1 heterocycles. The van der Waals surface area contributed by atoms with E-state index < -0.39 is 5.97 Å². The normalized spacial score (nSPS) is 16.2. The van der Waals surface area contributed by atoms with E-state index in [4.69, 9.17) is 9.84 Å². The van der Waals surface area contributed by atoms with Crippen LogP contribution in [-0.4, -0.2) is 42.9 Å². The summed E-state index contributed by atoms with van der Waals surface area (Å²) in [5, 5.41) is 14.1. The summed E-state index contributed by atoms with van der Waals surface area (Å²) in [7, 11) is 0. The fourth-order valence-corrected chi connectivity index (χ4v) is 1.86. The van der Waals surface area contributed by atoms with Crippen LogP contribution in [0, 0.1) is 0 Å². The molecule has 0 spiro atoms. The van der Waals surface area contributed by atoms with Crippen LogP contribution < -0.4 is 10.6 Å². The van der Waals surface area contributed by atoms with Crippen LogP contribution in [0.3, 0.4) is 0 Å². The van der Waals surface area contributed by atoms with Crippen LogP contribution in [0.5, 0.6) is 0 Å². The molecular formula is C12H22N2O4. The zero-order valence-corrected chi connectivity index (χ0v) is 10.6. The number of ether oxygens (including phenoxy) is 1. The molecule has 0 aliphatic carbocycles. The topological polar surface area (TPSA) is 87.7 Å². The summed E-state index contributed by atoms with van der Waals surface area (Å²) < 4.78 is 5.21. The number of hydrogen-bond donors (Lipinski definition) is 3. The van der Waals surface area contributed by atoms with Gasteiger partial charge in [0.15, 0.2) is 0 Å². The molecule has 0 aromatic carbocycles. The van der Waals surface area contributed by atoms with Crippen LogP contribution in [0.4, 0.5) is 4.79 Å². The van der Waals surface area contributed by atoms with Crippen LogP contribution in [0.2, 0.25) is 0 Å². The van der Waals surface area contributed by atoms with Gasteiger partial charge in [0.1, 0.15) is 0 Å². The number of carbonyl (C=O) groups is 2. The molecule has 1 aliphatic heterocycles. The largest absolute Gasteiger partial charge is 0.481 e. The number of urea groups is 1. The Morgan fingerprint density at radius 3 is 2.56 bits per heavy atom. The zero-order chi connectivity index (χ0) is 13.2. The number of aliphatic carboxylic acids is 1. The van der Waals surface area contributed by atoms with Crippen molar-refractivity contribution in [1.82, 2.24) is 10.6 Å².